The molecule has 0 aliphatic carbocycles. The van der Waals surface area contributed by atoms with Gasteiger partial charge >= 0.3 is 0 Å². The van der Waals surface area contributed by atoms with Crippen molar-refractivity contribution in [3.8, 4) is 0 Å². The van der Waals surface area contributed by atoms with Gasteiger partial charge in [-0.2, -0.15) is 5.06 Å². The van der Waals surface area contributed by atoms with Gasteiger partial charge in [0.25, 0.3) is 0 Å². The van der Waals surface area contributed by atoms with E-state index >= 15 is 0 Å². The van der Waals surface area contributed by atoms with E-state index in [4.69, 9.17) is 9.94 Å². The summed E-state index contributed by atoms with van der Waals surface area (Å²) in [6.07, 6.45) is 2.22. The van der Waals surface area contributed by atoms with Crippen LogP contribution in [0.4, 0.5) is 0 Å². The van der Waals surface area contributed by atoms with Gasteiger partial charge in [-0.25, -0.2) is 0 Å². The summed E-state index contributed by atoms with van der Waals surface area (Å²) in [7, 11) is 1.65. The summed E-state index contributed by atoms with van der Waals surface area (Å²) in [6.45, 7) is 5.52. The van der Waals surface area contributed by atoms with Crippen LogP contribution < -0.4 is 0 Å². The predicted molar refractivity (Wildman–Crippen MR) is 44.7 cm³/mol. The fraction of sp³-hybridized carbons (Fsp3) is 1.00. The lowest BCUT2D eigenvalue weighted by Gasteiger charge is -2.16. The first kappa shape index (κ1) is 10.9. The van der Waals surface area contributed by atoms with Crippen molar-refractivity contribution in [2.24, 2.45) is 0 Å². The molecule has 68 valence electrons. The van der Waals surface area contributed by atoms with E-state index in [0.717, 1.165) is 19.4 Å². The molecule has 0 aromatic heterocycles. The minimum atomic E-state index is 0.301. The summed E-state index contributed by atoms with van der Waals surface area (Å²) >= 11 is 0. The van der Waals surface area contributed by atoms with E-state index in [1.54, 1.807) is 7.05 Å². The molecule has 3 heteroatoms. The van der Waals surface area contributed by atoms with Gasteiger partial charge in [0, 0.05) is 20.2 Å². The van der Waals surface area contributed by atoms with E-state index < -0.39 is 0 Å². The Morgan fingerprint density at radius 1 is 1.45 bits per heavy atom. The normalized spacial score (nSPS) is 13.9. The number of hydrogen-bond donors (Lipinski definition) is 1. The Morgan fingerprint density at radius 2 is 2.09 bits per heavy atom. The summed E-state index contributed by atoms with van der Waals surface area (Å²) in [4.78, 5) is 0. The number of rotatable bonds is 6. The molecular weight excluding hydrogens is 142 g/mol. The first-order valence-electron chi connectivity index (χ1n) is 4.22. The van der Waals surface area contributed by atoms with E-state index in [9.17, 15) is 0 Å². The third-order valence-electron chi connectivity index (χ3n) is 1.63. The largest absolute Gasteiger partial charge is 0.378 e. The maximum atomic E-state index is 8.84. The smallest absolute Gasteiger partial charge is 0.0585 e. The molecule has 3 nitrogen and oxygen atoms in total. The highest BCUT2D eigenvalue weighted by Gasteiger charge is 2.05. The minimum absolute atomic E-state index is 0.301. The zero-order valence-corrected chi connectivity index (χ0v) is 7.71. The van der Waals surface area contributed by atoms with Crippen molar-refractivity contribution >= 4 is 0 Å². The van der Waals surface area contributed by atoms with Crippen LogP contribution >= 0.6 is 0 Å². The average molecular weight is 161 g/mol. The molecule has 0 heterocycles. The van der Waals surface area contributed by atoms with Gasteiger partial charge in [0.1, 0.15) is 0 Å². The zero-order chi connectivity index (χ0) is 8.69. The third-order valence-corrected chi connectivity index (χ3v) is 1.63. The summed E-state index contributed by atoms with van der Waals surface area (Å²) in [5.74, 6) is 0. The Balaban J connectivity index is 3.35. The molecule has 0 aliphatic heterocycles. The second-order valence-corrected chi connectivity index (χ2v) is 2.66. The van der Waals surface area contributed by atoms with Crippen molar-refractivity contribution in [2.45, 2.75) is 32.8 Å². The fourth-order valence-corrected chi connectivity index (χ4v) is 0.972. The molecular formula is C8H19NO2. The van der Waals surface area contributed by atoms with Crippen LogP contribution in [-0.4, -0.2) is 36.6 Å². The molecule has 0 aliphatic rings. The summed E-state index contributed by atoms with van der Waals surface area (Å²) in [5.41, 5.74) is 0. The van der Waals surface area contributed by atoms with Gasteiger partial charge in [-0.1, -0.05) is 6.92 Å². The van der Waals surface area contributed by atoms with Crippen molar-refractivity contribution in [3.63, 3.8) is 0 Å². The second kappa shape index (κ2) is 6.58. The zero-order valence-electron chi connectivity index (χ0n) is 7.71. The number of hydrogen-bond acceptors (Lipinski definition) is 3. The second-order valence-electron chi connectivity index (χ2n) is 2.66. The van der Waals surface area contributed by atoms with Gasteiger partial charge in [-0.3, -0.25) is 0 Å². The van der Waals surface area contributed by atoms with Gasteiger partial charge in [0.2, 0.25) is 0 Å². The molecule has 0 saturated carbocycles. The first-order chi connectivity index (χ1) is 5.20. The summed E-state index contributed by atoms with van der Waals surface area (Å²) in [5, 5.41) is 10.0. The van der Waals surface area contributed by atoms with Crippen LogP contribution in [0.15, 0.2) is 0 Å². The Labute approximate surface area is 68.9 Å². The highest BCUT2D eigenvalue weighted by Crippen LogP contribution is 2.03. The molecule has 0 amide bonds. The third kappa shape index (κ3) is 6.28. The van der Waals surface area contributed by atoms with Crippen LogP contribution in [0, 0.1) is 0 Å². The average Bonchev–Trinajstić information content (AvgIpc) is 1.97. The van der Waals surface area contributed by atoms with Crippen molar-refractivity contribution in [3.05, 3.63) is 0 Å². The maximum Gasteiger partial charge on any atom is 0.0585 e. The van der Waals surface area contributed by atoms with E-state index in [-0.39, 0.29) is 0 Å². The van der Waals surface area contributed by atoms with E-state index in [2.05, 4.69) is 6.92 Å². The van der Waals surface area contributed by atoms with Gasteiger partial charge in [0.15, 0.2) is 0 Å². The lowest BCUT2D eigenvalue weighted by atomic mass is 10.2. The lowest BCUT2D eigenvalue weighted by Crippen LogP contribution is -2.21. The van der Waals surface area contributed by atoms with Crippen LogP contribution in [0.1, 0.15) is 26.7 Å². The number of ether oxygens (including phenoxy) is 1. The number of hydroxylamine groups is 2. The molecule has 11 heavy (non-hydrogen) atoms. The standard InChI is InChI=1S/C8H19NO2/c1-4-8(11-5-2)6-7-9(3)10/h8,10H,4-7H2,1-3H3. The van der Waals surface area contributed by atoms with Gasteiger partial charge < -0.3 is 9.94 Å². The molecule has 0 radical (unpaired) electrons. The fourth-order valence-electron chi connectivity index (χ4n) is 0.972. The molecule has 1 N–H and O–H groups in total. The predicted octanol–water partition coefficient (Wildman–Crippen LogP) is 1.51. The van der Waals surface area contributed by atoms with E-state index in [1.807, 2.05) is 6.92 Å². The van der Waals surface area contributed by atoms with Crippen molar-refractivity contribution in [1.82, 2.24) is 5.06 Å². The Bertz CT molecular complexity index is 86.2. The topological polar surface area (TPSA) is 32.7 Å². The summed E-state index contributed by atoms with van der Waals surface area (Å²) < 4.78 is 5.40. The molecule has 0 rings (SSSR count). The van der Waals surface area contributed by atoms with Gasteiger partial charge in [0.05, 0.1) is 6.10 Å². The van der Waals surface area contributed by atoms with Crippen LogP contribution in [-0.2, 0) is 4.74 Å². The molecule has 1 atom stereocenters. The molecule has 0 aromatic rings. The molecule has 0 aromatic carbocycles. The van der Waals surface area contributed by atoms with Crippen LogP contribution in [0.5, 0.6) is 0 Å². The SMILES string of the molecule is CCOC(CC)CCN(C)O. The molecule has 0 spiro atoms. The summed E-state index contributed by atoms with van der Waals surface area (Å²) in [6, 6.07) is 0. The van der Waals surface area contributed by atoms with Crippen molar-refractivity contribution < 1.29 is 9.94 Å². The quantitative estimate of drug-likeness (QED) is 0.599. The van der Waals surface area contributed by atoms with Crippen molar-refractivity contribution in [1.29, 1.82) is 0 Å². The van der Waals surface area contributed by atoms with Gasteiger partial charge in [-0.15, -0.1) is 0 Å². The lowest BCUT2D eigenvalue weighted by molar-refractivity contribution is -0.0766. The van der Waals surface area contributed by atoms with Gasteiger partial charge in [-0.05, 0) is 19.8 Å². The highest BCUT2D eigenvalue weighted by atomic mass is 16.5. The van der Waals surface area contributed by atoms with E-state index in [1.165, 1.54) is 5.06 Å². The first-order valence-corrected chi connectivity index (χ1v) is 4.22. The van der Waals surface area contributed by atoms with Crippen LogP contribution in [0.2, 0.25) is 0 Å². The monoisotopic (exact) mass is 161 g/mol. The molecule has 1 unspecified atom stereocenters. The van der Waals surface area contributed by atoms with Crippen LogP contribution in [0.3, 0.4) is 0 Å². The minimum Gasteiger partial charge on any atom is -0.378 e. The highest BCUT2D eigenvalue weighted by molar-refractivity contribution is 4.55. The molecule has 0 fully saturated rings. The van der Waals surface area contributed by atoms with Crippen LogP contribution in [0.25, 0.3) is 0 Å². The van der Waals surface area contributed by atoms with Crippen molar-refractivity contribution in [2.75, 3.05) is 20.2 Å². The number of nitrogens with zero attached hydrogens (tertiary/aromatic N) is 1. The Hall–Kier alpha value is -0.120. The Kier molecular flexibility index (Phi) is 6.51. The maximum absolute atomic E-state index is 8.84. The molecule has 0 bridgehead atoms. The Morgan fingerprint density at radius 3 is 2.45 bits per heavy atom. The molecule has 0 saturated heterocycles. The van der Waals surface area contributed by atoms with E-state index in [0.29, 0.717) is 12.6 Å².